The van der Waals surface area contributed by atoms with E-state index in [-0.39, 0.29) is 36.3 Å². The third kappa shape index (κ3) is 3.36. The minimum atomic E-state index is -3.63. The first-order valence-electron chi connectivity index (χ1n) is 5.88. The monoisotopic (exact) mass is 336 g/mol. The van der Waals surface area contributed by atoms with Crippen LogP contribution in [0.5, 0.6) is 0 Å². The zero-order valence-corrected chi connectivity index (χ0v) is 13.3. The van der Waals surface area contributed by atoms with Gasteiger partial charge < -0.3 is 0 Å². The third-order valence-corrected chi connectivity index (χ3v) is 5.50. The van der Waals surface area contributed by atoms with Gasteiger partial charge in [0.2, 0.25) is 15.0 Å². The quantitative estimate of drug-likeness (QED) is 0.615. The van der Waals surface area contributed by atoms with Gasteiger partial charge in [0.25, 0.3) is 0 Å². The first kappa shape index (κ1) is 15.4. The lowest BCUT2D eigenvalue weighted by atomic mass is 10.1. The smallest absolute Gasteiger partial charge is 0.232 e. The van der Waals surface area contributed by atoms with Crippen molar-refractivity contribution in [1.29, 1.82) is 0 Å². The fourth-order valence-corrected chi connectivity index (χ4v) is 4.49. The lowest BCUT2D eigenvalue weighted by Gasteiger charge is -2.12. The fraction of sp³-hybridized carbons (Fsp3) is 0.545. The second-order valence-corrected chi connectivity index (χ2v) is 8.55. The lowest BCUT2D eigenvalue weighted by Crippen LogP contribution is -2.25. The van der Waals surface area contributed by atoms with Gasteiger partial charge in [-0.3, -0.25) is 14.5 Å². The number of anilines is 1. The van der Waals surface area contributed by atoms with Gasteiger partial charge in [0.15, 0.2) is 10.9 Å². The van der Waals surface area contributed by atoms with Gasteiger partial charge in [-0.15, -0.1) is 0 Å². The standard InChI is InChI=1S/C11H13ClN2O4S2/c1-6-10(7(2)15)19-11(13-6)14-4-8(3-9(14)16)5-20(12,17)18/h8H,3-5H2,1-2H3. The Labute approximate surface area is 125 Å². The van der Waals surface area contributed by atoms with Gasteiger partial charge >= 0.3 is 0 Å². The van der Waals surface area contributed by atoms with Crippen LogP contribution in [0.15, 0.2) is 0 Å². The van der Waals surface area contributed by atoms with E-state index in [0.717, 1.165) is 11.3 Å². The Kier molecular flexibility index (Phi) is 4.17. The summed E-state index contributed by atoms with van der Waals surface area (Å²) in [6, 6.07) is 0. The summed E-state index contributed by atoms with van der Waals surface area (Å²) in [6.07, 6.45) is 0.125. The molecule has 0 aromatic carbocycles. The van der Waals surface area contributed by atoms with Gasteiger partial charge in [0.05, 0.1) is 16.3 Å². The van der Waals surface area contributed by atoms with E-state index < -0.39 is 9.05 Å². The fourth-order valence-electron chi connectivity index (χ4n) is 2.18. The van der Waals surface area contributed by atoms with Crippen molar-refractivity contribution in [1.82, 2.24) is 4.98 Å². The number of hydrogen-bond donors (Lipinski definition) is 0. The second kappa shape index (κ2) is 5.42. The van der Waals surface area contributed by atoms with E-state index in [1.807, 2.05) is 0 Å². The highest BCUT2D eigenvalue weighted by Gasteiger charge is 2.35. The van der Waals surface area contributed by atoms with E-state index in [4.69, 9.17) is 10.7 Å². The second-order valence-electron chi connectivity index (χ2n) is 4.75. The largest absolute Gasteiger partial charge is 0.294 e. The number of aryl methyl sites for hydroxylation is 1. The molecular weight excluding hydrogens is 324 g/mol. The maximum Gasteiger partial charge on any atom is 0.232 e. The van der Waals surface area contributed by atoms with Crippen molar-refractivity contribution in [3.63, 3.8) is 0 Å². The number of rotatable bonds is 4. The number of aromatic nitrogens is 1. The van der Waals surface area contributed by atoms with Gasteiger partial charge in [-0.05, 0) is 6.92 Å². The van der Waals surface area contributed by atoms with Gasteiger partial charge in [-0.25, -0.2) is 13.4 Å². The summed E-state index contributed by atoms with van der Waals surface area (Å²) in [6.45, 7) is 3.41. The van der Waals surface area contributed by atoms with Crippen LogP contribution in [0.3, 0.4) is 0 Å². The highest BCUT2D eigenvalue weighted by molar-refractivity contribution is 8.13. The summed E-state index contributed by atoms with van der Waals surface area (Å²) in [5, 5.41) is 0.437. The molecule has 110 valence electrons. The van der Waals surface area contributed by atoms with E-state index in [1.165, 1.54) is 11.8 Å². The number of carbonyl (C=O) groups is 2. The highest BCUT2D eigenvalue weighted by Crippen LogP contribution is 2.31. The molecule has 2 rings (SSSR count). The summed E-state index contributed by atoms with van der Waals surface area (Å²) in [7, 11) is 1.58. The van der Waals surface area contributed by atoms with E-state index >= 15 is 0 Å². The van der Waals surface area contributed by atoms with E-state index in [2.05, 4.69) is 4.98 Å². The number of Topliss-reactive ketones (excluding diaryl/α,β-unsaturated/α-hetero) is 1. The van der Waals surface area contributed by atoms with Crippen LogP contribution in [-0.2, 0) is 13.8 Å². The zero-order valence-electron chi connectivity index (χ0n) is 10.9. The van der Waals surface area contributed by atoms with Gasteiger partial charge in [0, 0.05) is 36.5 Å². The Hall–Kier alpha value is -0.990. The molecule has 1 aliphatic heterocycles. The van der Waals surface area contributed by atoms with Gasteiger partial charge in [0.1, 0.15) is 0 Å². The van der Waals surface area contributed by atoms with E-state index in [0.29, 0.717) is 15.7 Å². The first-order chi connectivity index (χ1) is 9.17. The van der Waals surface area contributed by atoms with Crippen LogP contribution in [0.4, 0.5) is 5.13 Å². The van der Waals surface area contributed by atoms with Crippen LogP contribution in [0, 0.1) is 12.8 Å². The molecule has 1 unspecified atom stereocenters. The predicted molar refractivity (Wildman–Crippen MR) is 77.0 cm³/mol. The zero-order chi connectivity index (χ0) is 15.1. The molecule has 6 nitrogen and oxygen atoms in total. The number of halogens is 1. The molecule has 1 aromatic heterocycles. The van der Waals surface area contributed by atoms with E-state index in [9.17, 15) is 18.0 Å². The van der Waals surface area contributed by atoms with Crippen molar-refractivity contribution < 1.29 is 18.0 Å². The van der Waals surface area contributed by atoms with Crippen LogP contribution >= 0.6 is 22.0 Å². The Morgan fingerprint density at radius 1 is 1.55 bits per heavy atom. The summed E-state index contributed by atoms with van der Waals surface area (Å²) in [5.74, 6) is -0.868. The van der Waals surface area contributed by atoms with Crippen molar-refractivity contribution in [3.05, 3.63) is 10.6 Å². The topological polar surface area (TPSA) is 84.4 Å². The maximum absolute atomic E-state index is 11.9. The molecule has 9 heteroatoms. The van der Waals surface area contributed by atoms with Crippen molar-refractivity contribution in [2.45, 2.75) is 20.3 Å². The summed E-state index contributed by atoms with van der Waals surface area (Å²) in [4.78, 5) is 29.5. The normalized spacial score (nSPS) is 19.6. The molecule has 0 saturated carbocycles. The van der Waals surface area contributed by atoms with E-state index in [1.54, 1.807) is 6.92 Å². The van der Waals surface area contributed by atoms with Crippen LogP contribution in [0.1, 0.15) is 28.7 Å². The van der Waals surface area contributed by atoms with Crippen molar-refractivity contribution in [2.75, 3.05) is 17.2 Å². The number of hydrogen-bond acceptors (Lipinski definition) is 6. The average molecular weight is 337 g/mol. The number of carbonyl (C=O) groups excluding carboxylic acids is 2. The summed E-state index contributed by atoms with van der Waals surface area (Å²) < 4.78 is 22.1. The molecule has 0 bridgehead atoms. The number of ketones is 1. The minimum Gasteiger partial charge on any atom is -0.294 e. The van der Waals surface area contributed by atoms with Crippen molar-refractivity contribution in [3.8, 4) is 0 Å². The molecule has 1 fully saturated rings. The van der Waals surface area contributed by atoms with Crippen LogP contribution in [0.2, 0.25) is 0 Å². The number of nitrogens with zero attached hydrogens (tertiary/aromatic N) is 2. The third-order valence-electron chi connectivity index (χ3n) is 2.98. The van der Waals surface area contributed by atoms with Crippen LogP contribution in [-0.4, -0.2) is 37.4 Å². The molecule has 1 aromatic rings. The van der Waals surface area contributed by atoms with Crippen molar-refractivity contribution >= 4 is 47.9 Å². The van der Waals surface area contributed by atoms with Crippen LogP contribution < -0.4 is 4.90 Å². The number of thiazole rings is 1. The Morgan fingerprint density at radius 3 is 2.70 bits per heavy atom. The molecule has 0 spiro atoms. The Balaban J connectivity index is 2.20. The molecule has 1 atom stereocenters. The molecule has 0 aliphatic carbocycles. The summed E-state index contributed by atoms with van der Waals surface area (Å²) in [5.41, 5.74) is 0.582. The summed E-state index contributed by atoms with van der Waals surface area (Å²) >= 11 is 1.15. The molecule has 0 radical (unpaired) electrons. The molecule has 1 saturated heterocycles. The molecule has 0 N–H and O–H groups in total. The van der Waals surface area contributed by atoms with Crippen LogP contribution in [0.25, 0.3) is 0 Å². The molecular formula is C11H13ClN2O4S2. The highest BCUT2D eigenvalue weighted by atomic mass is 35.7. The number of amides is 1. The van der Waals surface area contributed by atoms with Gasteiger partial charge in [-0.1, -0.05) is 11.3 Å². The maximum atomic E-state index is 11.9. The predicted octanol–water partition coefficient (Wildman–Crippen LogP) is 1.58. The molecule has 1 aliphatic rings. The Morgan fingerprint density at radius 2 is 2.20 bits per heavy atom. The molecule has 20 heavy (non-hydrogen) atoms. The van der Waals surface area contributed by atoms with Crippen molar-refractivity contribution in [2.24, 2.45) is 5.92 Å². The minimum absolute atomic E-state index is 0.0993. The lowest BCUT2D eigenvalue weighted by molar-refractivity contribution is -0.117. The molecule has 1 amide bonds. The SMILES string of the molecule is CC(=O)c1sc(N2CC(CS(=O)(=O)Cl)CC2=O)nc1C. The first-order valence-corrected chi connectivity index (χ1v) is 9.18. The Bertz CT molecular complexity index is 668. The molecule has 2 heterocycles. The average Bonchev–Trinajstić information content (AvgIpc) is 2.79. The van der Waals surface area contributed by atoms with Gasteiger partial charge in [-0.2, -0.15) is 0 Å².